The highest BCUT2D eigenvalue weighted by molar-refractivity contribution is 6.10. The van der Waals surface area contributed by atoms with Gasteiger partial charge in [0.05, 0.1) is 0 Å². The molecule has 4 amide bonds. The number of anilines is 1. The number of rotatable bonds is 4. The normalized spacial score (nSPS) is 19.2. The minimum Gasteiger partial charge on any atom is -0.324 e. The van der Waals surface area contributed by atoms with Gasteiger partial charge in [-0.1, -0.05) is 42.0 Å². The fourth-order valence-electron chi connectivity index (χ4n) is 3.14. The van der Waals surface area contributed by atoms with E-state index in [1.54, 1.807) is 13.0 Å². The van der Waals surface area contributed by atoms with E-state index in [0.717, 1.165) is 21.6 Å². The molecule has 140 valence electrons. The molecule has 0 radical (unpaired) electrons. The molecule has 1 saturated heterocycles. The standard InChI is InChI=1S/C21H23N3O3/c1-13-8-10-16(11-9-13)21(4)19(26)24(20(27)23-21)12-18(25)22-17-7-5-6-14(2)15(17)3/h5-11H,12H2,1-4H3,(H,22,25)(H,23,27)/t21-/m1/s1. The van der Waals surface area contributed by atoms with E-state index in [1.165, 1.54) is 0 Å². The van der Waals surface area contributed by atoms with Gasteiger partial charge in [-0.2, -0.15) is 0 Å². The summed E-state index contributed by atoms with van der Waals surface area (Å²) in [6.45, 7) is 7.13. The van der Waals surface area contributed by atoms with Gasteiger partial charge in [-0.25, -0.2) is 4.79 Å². The number of hydrogen-bond acceptors (Lipinski definition) is 3. The lowest BCUT2D eigenvalue weighted by molar-refractivity contribution is -0.133. The van der Waals surface area contributed by atoms with Gasteiger partial charge < -0.3 is 10.6 Å². The lowest BCUT2D eigenvalue weighted by Crippen LogP contribution is -2.42. The lowest BCUT2D eigenvalue weighted by atomic mass is 9.91. The molecule has 27 heavy (non-hydrogen) atoms. The number of benzene rings is 2. The van der Waals surface area contributed by atoms with Gasteiger partial charge in [0, 0.05) is 5.69 Å². The smallest absolute Gasteiger partial charge is 0.324 e. The van der Waals surface area contributed by atoms with Crippen LogP contribution in [-0.4, -0.2) is 29.3 Å². The second-order valence-electron chi connectivity index (χ2n) is 7.11. The maximum absolute atomic E-state index is 12.9. The molecule has 1 fully saturated rings. The Hall–Kier alpha value is -3.15. The number of amides is 4. The van der Waals surface area contributed by atoms with Crippen molar-refractivity contribution in [3.63, 3.8) is 0 Å². The average Bonchev–Trinajstić information content (AvgIpc) is 2.83. The van der Waals surface area contributed by atoms with Crippen LogP contribution in [0.2, 0.25) is 0 Å². The quantitative estimate of drug-likeness (QED) is 0.818. The highest BCUT2D eigenvalue weighted by Gasteiger charge is 2.49. The molecule has 0 bridgehead atoms. The molecule has 0 aromatic heterocycles. The van der Waals surface area contributed by atoms with Gasteiger partial charge in [0.2, 0.25) is 5.91 Å². The Labute approximate surface area is 158 Å². The minimum absolute atomic E-state index is 0.334. The second kappa shape index (κ2) is 6.87. The monoisotopic (exact) mass is 365 g/mol. The van der Waals surface area contributed by atoms with E-state index in [2.05, 4.69) is 10.6 Å². The summed E-state index contributed by atoms with van der Waals surface area (Å²) in [7, 11) is 0. The van der Waals surface area contributed by atoms with Crippen molar-refractivity contribution >= 4 is 23.5 Å². The van der Waals surface area contributed by atoms with Gasteiger partial charge in [0.15, 0.2) is 0 Å². The molecule has 2 aromatic carbocycles. The van der Waals surface area contributed by atoms with Crippen LogP contribution in [0.15, 0.2) is 42.5 Å². The Morgan fingerprint density at radius 2 is 1.74 bits per heavy atom. The van der Waals surface area contributed by atoms with Crippen LogP contribution in [0.4, 0.5) is 10.5 Å². The van der Waals surface area contributed by atoms with Crippen molar-refractivity contribution in [1.82, 2.24) is 10.2 Å². The average molecular weight is 365 g/mol. The fraction of sp³-hybridized carbons (Fsp3) is 0.286. The Bertz CT molecular complexity index is 921. The van der Waals surface area contributed by atoms with E-state index >= 15 is 0 Å². The van der Waals surface area contributed by atoms with Crippen LogP contribution in [0.25, 0.3) is 0 Å². The van der Waals surface area contributed by atoms with Gasteiger partial charge in [-0.05, 0) is 50.5 Å². The number of nitrogens with zero attached hydrogens (tertiary/aromatic N) is 1. The first-order chi connectivity index (χ1) is 12.7. The molecule has 0 spiro atoms. The SMILES string of the molecule is Cc1ccc([C@@]2(C)NC(=O)N(CC(=O)Nc3cccc(C)c3C)C2=O)cc1. The Kier molecular flexibility index (Phi) is 4.74. The second-order valence-corrected chi connectivity index (χ2v) is 7.11. The van der Waals surface area contributed by atoms with Crippen molar-refractivity contribution in [2.75, 3.05) is 11.9 Å². The summed E-state index contributed by atoms with van der Waals surface area (Å²) in [6, 6.07) is 12.4. The van der Waals surface area contributed by atoms with Crippen molar-refractivity contribution in [3.8, 4) is 0 Å². The molecule has 0 saturated carbocycles. The van der Waals surface area contributed by atoms with E-state index in [1.807, 2.05) is 57.2 Å². The minimum atomic E-state index is -1.18. The summed E-state index contributed by atoms with van der Waals surface area (Å²) in [5, 5.41) is 5.49. The summed E-state index contributed by atoms with van der Waals surface area (Å²) in [5.41, 5.74) is 3.24. The van der Waals surface area contributed by atoms with Gasteiger partial charge in [-0.3, -0.25) is 14.5 Å². The van der Waals surface area contributed by atoms with Crippen molar-refractivity contribution in [2.24, 2.45) is 0 Å². The van der Waals surface area contributed by atoms with Crippen molar-refractivity contribution < 1.29 is 14.4 Å². The molecule has 1 aliphatic heterocycles. The number of imide groups is 1. The molecule has 6 nitrogen and oxygen atoms in total. The van der Waals surface area contributed by atoms with E-state index in [-0.39, 0.29) is 6.54 Å². The first kappa shape index (κ1) is 18.6. The summed E-state index contributed by atoms with van der Waals surface area (Å²) >= 11 is 0. The third-order valence-corrected chi connectivity index (χ3v) is 5.08. The lowest BCUT2D eigenvalue weighted by Gasteiger charge is -2.22. The number of hydrogen-bond donors (Lipinski definition) is 2. The predicted molar refractivity (Wildman–Crippen MR) is 103 cm³/mol. The third kappa shape index (κ3) is 3.43. The van der Waals surface area contributed by atoms with Crippen LogP contribution >= 0.6 is 0 Å². The molecule has 2 aromatic rings. The van der Waals surface area contributed by atoms with E-state index in [0.29, 0.717) is 11.3 Å². The zero-order chi connectivity index (χ0) is 19.8. The highest BCUT2D eigenvalue weighted by Crippen LogP contribution is 2.29. The summed E-state index contributed by atoms with van der Waals surface area (Å²) in [4.78, 5) is 38.6. The summed E-state index contributed by atoms with van der Waals surface area (Å²) < 4.78 is 0. The first-order valence-corrected chi connectivity index (χ1v) is 8.79. The van der Waals surface area contributed by atoms with E-state index in [9.17, 15) is 14.4 Å². The molecule has 2 N–H and O–H groups in total. The number of urea groups is 1. The van der Waals surface area contributed by atoms with Gasteiger partial charge in [0.25, 0.3) is 5.91 Å². The third-order valence-electron chi connectivity index (χ3n) is 5.08. The van der Waals surface area contributed by atoms with Crippen LogP contribution in [-0.2, 0) is 15.1 Å². The molecule has 1 atom stereocenters. The molecule has 1 aliphatic rings. The number of aryl methyl sites for hydroxylation is 2. The molecule has 1 heterocycles. The molecular formula is C21H23N3O3. The fourth-order valence-corrected chi connectivity index (χ4v) is 3.14. The maximum atomic E-state index is 12.9. The van der Waals surface area contributed by atoms with Gasteiger partial charge >= 0.3 is 6.03 Å². The largest absolute Gasteiger partial charge is 0.325 e. The molecular weight excluding hydrogens is 342 g/mol. The van der Waals surface area contributed by atoms with Crippen molar-refractivity contribution in [1.29, 1.82) is 0 Å². The predicted octanol–water partition coefficient (Wildman–Crippen LogP) is 3.02. The van der Waals surface area contributed by atoms with Gasteiger partial charge in [-0.15, -0.1) is 0 Å². The van der Waals surface area contributed by atoms with E-state index < -0.39 is 23.4 Å². The number of carbonyl (C=O) groups excluding carboxylic acids is 3. The van der Waals surface area contributed by atoms with Crippen LogP contribution < -0.4 is 10.6 Å². The number of carbonyl (C=O) groups is 3. The number of nitrogens with one attached hydrogen (secondary N) is 2. The Morgan fingerprint density at radius 3 is 2.41 bits per heavy atom. The van der Waals surface area contributed by atoms with Crippen LogP contribution in [0.5, 0.6) is 0 Å². The first-order valence-electron chi connectivity index (χ1n) is 8.79. The Balaban J connectivity index is 1.76. The molecule has 3 rings (SSSR count). The zero-order valence-corrected chi connectivity index (χ0v) is 15.9. The zero-order valence-electron chi connectivity index (χ0n) is 15.9. The molecule has 0 aliphatic carbocycles. The van der Waals surface area contributed by atoms with Crippen LogP contribution in [0.1, 0.15) is 29.2 Å². The topological polar surface area (TPSA) is 78.5 Å². The van der Waals surface area contributed by atoms with Crippen LogP contribution in [0, 0.1) is 20.8 Å². The molecule has 0 unspecified atom stereocenters. The summed E-state index contributed by atoms with van der Waals surface area (Å²) in [5.74, 6) is -0.854. The van der Waals surface area contributed by atoms with Gasteiger partial charge in [0.1, 0.15) is 12.1 Å². The molecule has 6 heteroatoms. The Morgan fingerprint density at radius 1 is 1.07 bits per heavy atom. The maximum Gasteiger partial charge on any atom is 0.325 e. The van der Waals surface area contributed by atoms with Crippen molar-refractivity contribution in [3.05, 3.63) is 64.7 Å². The van der Waals surface area contributed by atoms with Crippen LogP contribution in [0.3, 0.4) is 0 Å². The highest BCUT2D eigenvalue weighted by atomic mass is 16.2. The van der Waals surface area contributed by atoms with Crippen molar-refractivity contribution in [2.45, 2.75) is 33.2 Å². The van der Waals surface area contributed by atoms with E-state index in [4.69, 9.17) is 0 Å². The summed E-state index contributed by atoms with van der Waals surface area (Å²) in [6.07, 6.45) is 0.